The van der Waals surface area contributed by atoms with Crippen molar-refractivity contribution in [2.75, 3.05) is 6.54 Å². The van der Waals surface area contributed by atoms with Crippen LogP contribution < -0.4 is 5.32 Å². The molecule has 1 aliphatic carbocycles. The zero-order valence-electron chi connectivity index (χ0n) is 6.99. The summed E-state index contributed by atoms with van der Waals surface area (Å²) in [5, 5.41) is 2.64. The van der Waals surface area contributed by atoms with E-state index in [1.54, 1.807) is 0 Å². The fourth-order valence-corrected chi connectivity index (χ4v) is 1.07. The summed E-state index contributed by atoms with van der Waals surface area (Å²) >= 11 is 0. The van der Waals surface area contributed by atoms with Crippen LogP contribution in [-0.4, -0.2) is 13.0 Å². The molecule has 1 N–H and O–H groups in total. The molecule has 64 valence electrons. The molecule has 2 nitrogen and oxygen atoms in total. The van der Waals surface area contributed by atoms with Crippen LogP contribution in [0.3, 0.4) is 0 Å². The Morgan fingerprint density at radius 1 is 1.50 bits per heavy atom. The van der Waals surface area contributed by atoms with Crippen LogP contribution in [0.1, 0.15) is 12.8 Å². The lowest BCUT2D eigenvalue weighted by molar-refractivity contribution is -0.109. The second-order valence-electron chi connectivity index (χ2n) is 2.63. The minimum absolute atomic E-state index is 0.716. The van der Waals surface area contributed by atoms with Gasteiger partial charge in [0.05, 0.1) is 0 Å². The topological polar surface area (TPSA) is 29.1 Å². The molecule has 1 aliphatic rings. The predicted molar refractivity (Wildman–Crippen MR) is 49.7 cm³/mol. The molecule has 0 atom stereocenters. The van der Waals surface area contributed by atoms with Gasteiger partial charge >= 0.3 is 0 Å². The summed E-state index contributed by atoms with van der Waals surface area (Å²) in [6, 6.07) is 0. The van der Waals surface area contributed by atoms with Crippen LogP contribution in [0.4, 0.5) is 0 Å². The third-order valence-corrected chi connectivity index (χ3v) is 1.69. The van der Waals surface area contributed by atoms with E-state index >= 15 is 0 Å². The first-order chi connectivity index (χ1) is 5.93. The van der Waals surface area contributed by atoms with Crippen molar-refractivity contribution in [1.82, 2.24) is 5.32 Å². The summed E-state index contributed by atoms with van der Waals surface area (Å²) in [6.45, 7) is 0.716. The second kappa shape index (κ2) is 5.35. The Morgan fingerprint density at radius 2 is 2.42 bits per heavy atom. The highest BCUT2D eigenvalue weighted by atomic mass is 16.1. The summed E-state index contributed by atoms with van der Waals surface area (Å²) in [5.41, 5.74) is 1.26. The van der Waals surface area contributed by atoms with Crippen LogP contribution in [0.2, 0.25) is 0 Å². The Bertz CT molecular complexity index is 226. The van der Waals surface area contributed by atoms with Crippen LogP contribution in [0.25, 0.3) is 0 Å². The van der Waals surface area contributed by atoms with Crippen molar-refractivity contribution < 1.29 is 4.79 Å². The minimum atomic E-state index is 0.716. The van der Waals surface area contributed by atoms with E-state index in [4.69, 9.17) is 0 Å². The van der Waals surface area contributed by atoms with E-state index < -0.39 is 0 Å². The maximum atomic E-state index is 9.95. The molecule has 0 aromatic rings. The largest absolute Gasteiger partial charge is 0.358 e. The first-order valence-corrected chi connectivity index (χ1v) is 4.13. The molecule has 1 rings (SSSR count). The number of amides is 1. The third-order valence-electron chi connectivity index (χ3n) is 1.69. The summed E-state index contributed by atoms with van der Waals surface area (Å²) in [4.78, 5) is 9.95. The van der Waals surface area contributed by atoms with Crippen LogP contribution in [0.15, 0.2) is 36.0 Å². The number of nitrogens with one attached hydrogen (secondary N) is 1. The highest BCUT2D eigenvalue weighted by Crippen LogP contribution is 2.07. The monoisotopic (exact) mass is 163 g/mol. The summed E-state index contributed by atoms with van der Waals surface area (Å²) in [7, 11) is 0. The van der Waals surface area contributed by atoms with Gasteiger partial charge in [-0.3, -0.25) is 4.79 Å². The molecule has 1 amide bonds. The average Bonchev–Trinajstić information content (AvgIpc) is 2.33. The SMILES string of the molecule is O=CNCCC1=CC=CCC=C1. The Morgan fingerprint density at radius 3 is 3.25 bits per heavy atom. The first kappa shape index (κ1) is 8.78. The molecule has 0 saturated carbocycles. The molecule has 0 aliphatic heterocycles. The highest BCUT2D eigenvalue weighted by molar-refractivity contribution is 5.46. The van der Waals surface area contributed by atoms with Crippen LogP contribution in [0.5, 0.6) is 0 Å². The third kappa shape index (κ3) is 3.19. The molecule has 0 aromatic heterocycles. The molecule has 0 saturated heterocycles. The Kier molecular flexibility index (Phi) is 3.92. The van der Waals surface area contributed by atoms with E-state index in [0.29, 0.717) is 6.54 Å². The molecular formula is C10H13NO. The molecule has 0 aromatic carbocycles. The van der Waals surface area contributed by atoms with E-state index in [9.17, 15) is 4.79 Å². The van der Waals surface area contributed by atoms with E-state index in [1.165, 1.54) is 5.57 Å². The quantitative estimate of drug-likeness (QED) is 0.494. The zero-order chi connectivity index (χ0) is 8.65. The molecule has 0 bridgehead atoms. The van der Waals surface area contributed by atoms with Gasteiger partial charge in [-0.2, -0.15) is 0 Å². The van der Waals surface area contributed by atoms with Gasteiger partial charge < -0.3 is 5.32 Å². The van der Waals surface area contributed by atoms with Crippen molar-refractivity contribution >= 4 is 6.41 Å². The van der Waals surface area contributed by atoms with Crippen molar-refractivity contribution in [2.24, 2.45) is 0 Å². The number of rotatable bonds is 4. The Balaban J connectivity index is 2.34. The van der Waals surface area contributed by atoms with Crippen molar-refractivity contribution in [3.63, 3.8) is 0 Å². The fraction of sp³-hybridized carbons (Fsp3) is 0.300. The summed E-state index contributed by atoms with van der Waals surface area (Å²) < 4.78 is 0. The summed E-state index contributed by atoms with van der Waals surface area (Å²) in [5.74, 6) is 0. The van der Waals surface area contributed by atoms with Gasteiger partial charge in [0, 0.05) is 6.54 Å². The van der Waals surface area contributed by atoms with Gasteiger partial charge in [0.15, 0.2) is 0 Å². The lowest BCUT2D eigenvalue weighted by Gasteiger charge is -1.98. The zero-order valence-corrected chi connectivity index (χ0v) is 6.99. The molecule has 0 radical (unpaired) electrons. The van der Waals surface area contributed by atoms with Crippen molar-refractivity contribution in [2.45, 2.75) is 12.8 Å². The predicted octanol–water partition coefficient (Wildman–Crippen LogP) is 1.56. The molecule has 0 fully saturated rings. The van der Waals surface area contributed by atoms with Crippen LogP contribution in [0, 0.1) is 0 Å². The molecular weight excluding hydrogens is 150 g/mol. The number of hydrogen-bond acceptors (Lipinski definition) is 1. The van der Waals surface area contributed by atoms with Gasteiger partial charge in [0.2, 0.25) is 6.41 Å². The first-order valence-electron chi connectivity index (χ1n) is 4.13. The van der Waals surface area contributed by atoms with Crippen molar-refractivity contribution in [3.8, 4) is 0 Å². The fourth-order valence-electron chi connectivity index (χ4n) is 1.07. The standard InChI is InChI=1S/C10H13NO/c12-9-11-8-7-10-5-3-1-2-4-6-10/h1,3-6,9H,2,7-8H2,(H,11,12). The molecule has 12 heavy (non-hydrogen) atoms. The average molecular weight is 163 g/mol. The Hall–Kier alpha value is -1.31. The van der Waals surface area contributed by atoms with Gasteiger partial charge in [-0.1, -0.05) is 30.4 Å². The van der Waals surface area contributed by atoms with E-state index in [0.717, 1.165) is 19.3 Å². The molecule has 0 heterocycles. The van der Waals surface area contributed by atoms with E-state index in [2.05, 4.69) is 35.7 Å². The van der Waals surface area contributed by atoms with E-state index in [-0.39, 0.29) is 0 Å². The second-order valence-corrected chi connectivity index (χ2v) is 2.63. The highest BCUT2D eigenvalue weighted by Gasteiger charge is 1.92. The smallest absolute Gasteiger partial charge is 0.207 e. The number of carbonyl (C=O) groups excluding carboxylic acids is 1. The summed E-state index contributed by atoms with van der Waals surface area (Å²) in [6.07, 6.45) is 13.1. The van der Waals surface area contributed by atoms with Gasteiger partial charge in [-0.15, -0.1) is 0 Å². The lowest BCUT2D eigenvalue weighted by atomic mass is 10.1. The Labute approximate surface area is 72.7 Å². The van der Waals surface area contributed by atoms with Crippen molar-refractivity contribution in [3.05, 3.63) is 36.0 Å². The molecule has 2 heteroatoms. The van der Waals surface area contributed by atoms with Crippen LogP contribution in [-0.2, 0) is 4.79 Å². The van der Waals surface area contributed by atoms with E-state index in [1.807, 2.05) is 0 Å². The minimum Gasteiger partial charge on any atom is -0.358 e. The van der Waals surface area contributed by atoms with Crippen molar-refractivity contribution in [1.29, 1.82) is 0 Å². The maximum absolute atomic E-state index is 9.95. The normalized spacial score (nSPS) is 15.2. The van der Waals surface area contributed by atoms with Gasteiger partial charge in [-0.25, -0.2) is 0 Å². The molecule has 0 unspecified atom stereocenters. The number of allylic oxidation sites excluding steroid dienone is 5. The van der Waals surface area contributed by atoms with Gasteiger partial charge in [0.1, 0.15) is 0 Å². The maximum Gasteiger partial charge on any atom is 0.207 e. The van der Waals surface area contributed by atoms with Crippen LogP contribution >= 0.6 is 0 Å². The lowest BCUT2D eigenvalue weighted by Crippen LogP contribution is -2.12. The number of hydrogen-bond donors (Lipinski definition) is 1. The van der Waals surface area contributed by atoms with Gasteiger partial charge in [0.25, 0.3) is 0 Å². The van der Waals surface area contributed by atoms with Gasteiger partial charge in [-0.05, 0) is 18.4 Å². The number of carbonyl (C=O) groups is 1. The molecule has 0 spiro atoms.